The van der Waals surface area contributed by atoms with E-state index in [1.807, 2.05) is 5.32 Å². The zero-order valence-electron chi connectivity index (χ0n) is 38.8. The van der Waals surface area contributed by atoms with Crippen LogP contribution in [0.1, 0.15) is 86.5 Å². The number of carboxylic acids is 3. The second-order valence-electron chi connectivity index (χ2n) is 16.7. The number of carbonyl (C=O) groups is 11. The summed E-state index contributed by atoms with van der Waals surface area (Å²) in [6, 6.07) is -4.81. The van der Waals surface area contributed by atoms with Gasteiger partial charge in [0, 0.05) is 32.4 Å². The van der Waals surface area contributed by atoms with Gasteiger partial charge in [-0.3, -0.25) is 52.7 Å². The largest absolute Gasteiger partial charge is 0.497 e. The number of likely N-dealkylation sites (tertiary alicyclic amines) is 1. The molecule has 7 unspecified atom stereocenters. The van der Waals surface area contributed by atoms with Gasteiger partial charge >= 0.3 is 17.9 Å². The van der Waals surface area contributed by atoms with Gasteiger partial charge in [-0.25, -0.2) is 13.1 Å². The Bertz CT molecular complexity index is 2150. The molecule has 378 valence electrons. The van der Waals surface area contributed by atoms with Crippen LogP contribution < -0.4 is 41.4 Å². The number of Topliss-reactive ketones (excluding diaryl/α,β-unsaturated/α-hetero) is 1. The van der Waals surface area contributed by atoms with Crippen molar-refractivity contribution in [1.29, 1.82) is 0 Å². The highest BCUT2D eigenvalue weighted by Gasteiger charge is 2.45. The van der Waals surface area contributed by atoms with Gasteiger partial charge in [-0.2, -0.15) is 0 Å². The zero-order chi connectivity index (χ0) is 51.6. The van der Waals surface area contributed by atoms with Crippen molar-refractivity contribution in [2.24, 2.45) is 11.8 Å². The molecule has 1 saturated heterocycles. The number of rotatable bonds is 28. The summed E-state index contributed by atoms with van der Waals surface area (Å²) in [6.07, 6.45) is -2.27. The minimum Gasteiger partial charge on any atom is -0.497 e. The molecular weight excluding hydrogens is 921 g/mol. The Morgan fingerprint density at radius 1 is 0.706 bits per heavy atom. The molecule has 1 aliphatic heterocycles. The average Bonchev–Trinajstić information content (AvgIpc) is 3.68. The predicted molar refractivity (Wildman–Crippen MR) is 237 cm³/mol. The van der Waals surface area contributed by atoms with Gasteiger partial charge < -0.3 is 56.9 Å². The molecule has 2 rings (SSSR count). The number of ketones is 1. The summed E-state index contributed by atoms with van der Waals surface area (Å²) < 4.78 is 34.6. The molecule has 0 bridgehead atoms. The highest BCUT2D eigenvalue weighted by molar-refractivity contribution is 7.89. The molecule has 7 amide bonds. The van der Waals surface area contributed by atoms with Crippen molar-refractivity contribution in [3.05, 3.63) is 24.3 Å². The third kappa shape index (κ3) is 17.8. The highest BCUT2D eigenvalue weighted by Crippen LogP contribution is 2.25. The second-order valence-corrected chi connectivity index (χ2v) is 18.4. The molecule has 0 aromatic heterocycles. The van der Waals surface area contributed by atoms with Crippen molar-refractivity contribution in [1.82, 2.24) is 41.5 Å². The van der Waals surface area contributed by atoms with Crippen LogP contribution in [0.5, 0.6) is 5.75 Å². The smallest absolute Gasteiger partial charge is 0.322 e. The maximum atomic E-state index is 14.6. The van der Waals surface area contributed by atoms with E-state index in [-0.39, 0.29) is 30.6 Å². The van der Waals surface area contributed by atoms with Crippen LogP contribution in [0.2, 0.25) is 0 Å². The summed E-state index contributed by atoms with van der Waals surface area (Å²) in [6.45, 7) is 7.51. The lowest BCUT2D eigenvalue weighted by Gasteiger charge is -2.33. The molecule has 68 heavy (non-hydrogen) atoms. The molecule has 1 fully saturated rings. The number of aliphatic carboxylic acids is 3. The Morgan fingerprint density at radius 2 is 1.24 bits per heavy atom. The summed E-state index contributed by atoms with van der Waals surface area (Å²) in [5.41, 5.74) is 0. The molecule has 26 heteroatoms. The maximum absolute atomic E-state index is 14.6. The predicted octanol–water partition coefficient (Wildman–Crippen LogP) is -2.00. The van der Waals surface area contributed by atoms with Crippen molar-refractivity contribution in [2.75, 3.05) is 20.2 Å². The lowest BCUT2D eigenvalue weighted by Crippen LogP contribution is -2.61. The molecule has 0 spiro atoms. The first-order chi connectivity index (χ1) is 31.7. The second kappa shape index (κ2) is 26.6. The summed E-state index contributed by atoms with van der Waals surface area (Å²) >= 11 is 0. The van der Waals surface area contributed by atoms with E-state index in [9.17, 15) is 66.3 Å². The Labute approximate surface area is 392 Å². The Morgan fingerprint density at radius 3 is 1.72 bits per heavy atom. The number of methoxy groups -OCH3 is 1. The molecule has 1 heterocycles. The molecule has 0 aliphatic carbocycles. The van der Waals surface area contributed by atoms with E-state index in [0.717, 1.165) is 11.8 Å². The van der Waals surface area contributed by atoms with Crippen LogP contribution >= 0.6 is 0 Å². The summed E-state index contributed by atoms with van der Waals surface area (Å²) in [5.74, 6) is -13.3. The Hall–Kier alpha value is -6.70. The van der Waals surface area contributed by atoms with Crippen LogP contribution in [-0.4, -0.2) is 156 Å². The molecule has 0 radical (unpaired) electrons. The van der Waals surface area contributed by atoms with Gasteiger partial charge in [0.25, 0.3) is 5.91 Å². The zero-order valence-corrected chi connectivity index (χ0v) is 39.6. The van der Waals surface area contributed by atoms with E-state index in [0.29, 0.717) is 5.75 Å². The maximum Gasteiger partial charge on any atom is 0.322 e. The van der Waals surface area contributed by atoms with E-state index >= 15 is 0 Å². The Kier molecular flexibility index (Phi) is 22.5. The molecule has 1 aromatic rings. The molecule has 1 aromatic carbocycles. The number of sulfonamides is 1. The number of hydrogen-bond donors (Lipinski definition) is 10. The lowest BCUT2D eigenvalue weighted by atomic mass is 9.98. The first-order valence-corrected chi connectivity index (χ1v) is 23.1. The van der Waals surface area contributed by atoms with Gasteiger partial charge in [-0.1, -0.05) is 41.0 Å². The summed E-state index contributed by atoms with van der Waals surface area (Å²) in [7, 11) is -2.92. The molecular formula is C42H62N8O17S. The number of amides is 7. The fourth-order valence-electron chi connectivity index (χ4n) is 7.00. The van der Waals surface area contributed by atoms with Gasteiger partial charge in [0.1, 0.15) is 42.5 Å². The van der Waals surface area contributed by atoms with E-state index in [2.05, 4.69) is 31.3 Å². The summed E-state index contributed by atoms with van der Waals surface area (Å²) in [5, 5.41) is 41.5. The number of hydrogen-bond acceptors (Lipinski definition) is 14. The number of carbonyl (C=O) groups excluding carboxylic acids is 8. The van der Waals surface area contributed by atoms with Crippen molar-refractivity contribution in [3.8, 4) is 5.75 Å². The number of nitrogens with one attached hydrogen (secondary N) is 7. The minimum absolute atomic E-state index is 0.0896. The number of benzene rings is 1. The number of carboxylic acid groups (broad SMARTS) is 3. The van der Waals surface area contributed by atoms with Crippen LogP contribution in [0.4, 0.5) is 0 Å². The van der Waals surface area contributed by atoms with Gasteiger partial charge in [0.2, 0.25) is 51.2 Å². The van der Waals surface area contributed by atoms with E-state index in [4.69, 9.17) is 14.9 Å². The Balaban J connectivity index is 2.51. The standard InChI is InChI=1S/C42H62N8O17S/c1-8-9-27(36(58)41(63)43-19-33(56)57)45-39(61)30-18-24(49-68(65,66)26-12-10-25(67-7)11-13-26)20-50(30)42(64)35(22(4)5)48-40(62)34(21(2)3)47-38(60)29(15-17-32(54)55)46-37(59)28(44-23(6)51)14-16-31(52)53/h10-13,21-22,24,27-30,34-35,49H,8-9,14-20H2,1-7H3,(H,43,63)(H,44,51)(H,45,61)(H,46,59)(H,47,60)(H,48,62)(H,52,53)(H,54,55)(H,56,57). The SMILES string of the molecule is CCCC(NC(=O)C1CC(NS(=O)(=O)c2ccc(OC)cc2)CN1C(=O)C(NC(=O)C(NC(=O)C(CCC(=O)O)NC(=O)C(CCC(=O)O)NC(C)=O)C(C)C)C(C)C)C(=O)C(=O)NCC(=O)O. The molecule has 7 atom stereocenters. The minimum atomic E-state index is -4.31. The highest BCUT2D eigenvalue weighted by atomic mass is 32.2. The van der Waals surface area contributed by atoms with Crippen molar-refractivity contribution in [3.63, 3.8) is 0 Å². The van der Waals surface area contributed by atoms with Crippen LogP contribution in [0, 0.1) is 11.8 Å². The summed E-state index contributed by atoms with van der Waals surface area (Å²) in [4.78, 5) is 142. The quantitative estimate of drug-likeness (QED) is 0.0406. The van der Waals surface area contributed by atoms with E-state index < -0.39 is 162 Å². The molecule has 25 nitrogen and oxygen atoms in total. The van der Waals surface area contributed by atoms with Crippen LogP contribution in [0.25, 0.3) is 0 Å². The van der Waals surface area contributed by atoms with Gasteiger partial charge in [-0.05, 0) is 61.8 Å². The fraction of sp³-hybridized carbons (Fsp3) is 0.595. The average molecular weight is 983 g/mol. The third-order valence-electron chi connectivity index (χ3n) is 10.5. The van der Waals surface area contributed by atoms with Crippen LogP contribution in [-0.2, 0) is 62.8 Å². The monoisotopic (exact) mass is 982 g/mol. The number of ether oxygens (including phenoxy) is 1. The third-order valence-corrected chi connectivity index (χ3v) is 12.0. The first-order valence-electron chi connectivity index (χ1n) is 21.7. The topological polar surface area (TPSA) is 379 Å². The van der Waals surface area contributed by atoms with Crippen molar-refractivity contribution < 1.29 is 81.2 Å². The normalized spacial score (nSPS) is 16.8. The first kappa shape index (κ1) is 57.4. The van der Waals surface area contributed by atoms with Gasteiger partial charge in [0.05, 0.1) is 18.0 Å². The van der Waals surface area contributed by atoms with Gasteiger partial charge in [0.15, 0.2) is 0 Å². The van der Waals surface area contributed by atoms with Crippen molar-refractivity contribution in [2.45, 2.75) is 134 Å². The van der Waals surface area contributed by atoms with E-state index in [1.165, 1.54) is 45.2 Å². The lowest BCUT2D eigenvalue weighted by molar-refractivity contribution is -0.145. The molecule has 10 N–H and O–H groups in total. The van der Waals surface area contributed by atoms with Crippen LogP contribution in [0.3, 0.4) is 0 Å². The fourth-order valence-corrected chi connectivity index (χ4v) is 8.24. The van der Waals surface area contributed by atoms with E-state index in [1.54, 1.807) is 20.8 Å². The number of nitrogens with zero attached hydrogens (tertiary/aromatic N) is 1. The molecule has 1 aliphatic rings. The van der Waals surface area contributed by atoms with Crippen molar-refractivity contribution >= 4 is 75.1 Å². The molecule has 0 saturated carbocycles. The van der Waals surface area contributed by atoms with Crippen LogP contribution in [0.15, 0.2) is 29.2 Å². The van der Waals surface area contributed by atoms with Gasteiger partial charge in [-0.15, -0.1) is 0 Å².